The average Bonchev–Trinajstić information content (AvgIpc) is 2.32. The molecule has 1 atom stereocenters. The van der Waals surface area contributed by atoms with E-state index in [2.05, 4.69) is 0 Å². The molecule has 3 nitrogen and oxygen atoms in total. The van der Waals surface area contributed by atoms with Gasteiger partial charge in [-0.1, -0.05) is 43.0 Å². The van der Waals surface area contributed by atoms with Crippen LogP contribution in [0.1, 0.15) is 32.1 Å². The molecule has 0 heterocycles. The molecule has 0 aliphatic heterocycles. The summed E-state index contributed by atoms with van der Waals surface area (Å²) in [6, 6.07) is 7.00. The summed E-state index contributed by atoms with van der Waals surface area (Å²) >= 11 is 5.97. The number of para-hydroxylation sites is 1. The highest BCUT2D eigenvalue weighted by molar-refractivity contribution is 7.53. The van der Waals surface area contributed by atoms with Crippen molar-refractivity contribution in [3.63, 3.8) is 0 Å². The zero-order valence-electron chi connectivity index (χ0n) is 10.5. The quantitative estimate of drug-likeness (QED) is 0.740. The second-order valence-corrected chi connectivity index (χ2v) is 7.00. The van der Waals surface area contributed by atoms with Gasteiger partial charge >= 0.3 is 7.60 Å². The predicted molar refractivity (Wildman–Crippen MR) is 73.6 cm³/mol. The second kappa shape index (κ2) is 6.10. The highest BCUT2D eigenvalue weighted by atomic mass is 35.5. The van der Waals surface area contributed by atoms with Crippen LogP contribution in [0.15, 0.2) is 24.3 Å². The maximum absolute atomic E-state index is 12.3. The van der Waals surface area contributed by atoms with Gasteiger partial charge in [0, 0.05) is 6.66 Å². The molecule has 1 fully saturated rings. The smallest absolute Gasteiger partial charge is 0.376 e. The summed E-state index contributed by atoms with van der Waals surface area (Å²) in [6.45, 7) is 1.50. The fourth-order valence-corrected chi connectivity index (χ4v) is 3.70. The molecule has 0 N–H and O–H groups in total. The average molecular weight is 289 g/mol. The lowest BCUT2D eigenvalue weighted by molar-refractivity contribution is 0.140. The van der Waals surface area contributed by atoms with Crippen molar-refractivity contribution in [2.75, 3.05) is 6.66 Å². The molecule has 18 heavy (non-hydrogen) atoms. The lowest BCUT2D eigenvalue weighted by atomic mass is 9.98. The molecule has 1 aliphatic rings. The molecular weight excluding hydrogens is 271 g/mol. The zero-order chi connectivity index (χ0) is 13.0. The Morgan fingerprint density at radius 1 is 1.22 bits per heavy atom. The van der Waals surface area contributed by atoms with E-state index in [0.717, 1.165) is 25.7 Å². The van der Waals surface area contributed by atoms with Crippen LogP contribution in [0, 0.1) is 0 Å². The third-order valence-electron chi connectivity index (χ3n) is 2.99. The molecule has 1 aliphatic carbocycles. The van der Waals surface area contributed by atoms with Crippen LogP contribution in [-0.4, -0.2) is 12.8 Å². The Morgan fingerprint density at radius 3 is 2.56 bits per heavy atom. The Morgan fingerprint density at radius 2 is 1.89 bits per heavy atom. The van der Waals surface area contributed by atoms with Crippen LogP contribution in [0.25, 0.3) is 0 Å². The van der Waals surface area contributed by atoms with Crippen LogP contribution < -0.4 is 4.52 Å². The van der Waals surface area contributed by atoms with Crippen molar-refractivity contribution in [2.24, 2.45) is 0 Å². The molecule has 0 spiro atoms. The minimum Gasteiger partial charge on any atom is -0.423 e. The van der Waals surface area contributed by atoms with Gasteiger partial charge in [-0.25, -0.2) is 4.57 Å². The van der Waals surface area contributed by atoms with Gasteiger partial charge in [0.05, 0.1) is 11.1 Å². The van der Waals surface area contributed by atoms with Crippen LogP contribution in [0.4, 0.5) is 0 Å². The van der Waals surface area contributed by atoms with E-state index in [-0.39, 0.29) is 6.10 Å². The van der Waals surface area contributed by atoms with E-state index in [4.69, 9.17) is 20.6 Å². The maximum Gasteiger partial charge on any atom is 0.376 e. The fourth-order valence-electron chi connectivity index (χ4n) is 2.16. The molecule has 2 rings (SSSR count). The number of hydrogen-bond acceptors (Lipinski definition) is 3. The summed E-state index contributed by atoms with van der Waals surface area (Å²) in [5.41, 5.74) is 0. The molecule has 0 bridgehead atoms. The van der Waals surface area contributed by atoms with Crippen LogP contribution in [0.2, 0.25) is 5.02 Å². The predicted octanol–water partition coefficient (Wildman–Crippen LogP) is 4.89. The summed E-state index contributed by atoms with van der Waals surface area (Å²) in [4.78, 5) is 0. The summed E-state index contributed by atoms with van der Waals surface area (Å²) in [6.07, 6.45) is 5.48. The minimum absolute atomic E-state index is 0.0528. The van der Waals surface area contributed by atoms with Crippen molar-refractivity contribution in [2.45, 2.75) is 38.2 Å². The minimum atomic E-state index is -3.09. The molecule has 0 aromatic heterocycles. The molecule has 0 radical (unpaired) electrons. The number of benzene rings is 1. The van der Waals surface area contributed by atoms with Crippen molar-refractivity contribution in [3.05, 3.63) is 29.3 Å². The Kier molecular flexibility index (Phi) is 4.71. The molecule has 1 saturated carbocycles. The van der Waals surface area contributed by atoms with E-state index < -0.39 is 7.60 Å². The third-order valence-corrected chi connectivity index (χ3v) is 4.52. The van der Waals surface area contributed by atoms with Crippen LogP contribution in [0.3, 0.4) is 0 Å². The van der Waals surface area contributed by atoms with Gasteiger partial charge in [0.25, 0.3) is 0 Å². The first-order valence-corrected chi connectivity index (χ1v) is 8.64. The van der Waals surface area contributed by atoms with Gasteiger partial charge in [-0.05, 0) is 25.0 Å². The molecule has 1 aromatic carbocycles. The van der Waals surface area contributed by atoms with E-state index in [9.17, 15) is 4.57 Å². The molecule has 0 amide bonds. The second-order valence-electron chi connectivity index (χ2n) is 4.66. The van der Waals surface area contributed by atoms with Crippen molar-refractivity contribution in [1.29, 1.82) is 0 Å². The van der Waals surface area contributed by atoms with Gasteiger partial charge in [0.1, 0.15) is 5.75 Å². The van der Waals surface area contributed by atoms with Gasteiger partial charge in [0.2, 0.25) is 0 Å². The molecule has 0 saturated heterocycles. The third kappa shape index (κ3) is 4.01. The van der Waals surface area contributed by atoms with Crippen molar-refractivity contribution < 1.29 is 13.6 Å². The van der Waals surface area contributed by atoms with E-state index in [1.165, 1.54) is 13.1 Å². The van der Waals surface area contributed by atoms with Gasteiger partial charge in [0.15, 0.2) is 0 Å². The highest BCUT2D eigenvalue weighted by Gasteiger charge is 2.26. The lowest BCUT2D eigenvalue weighted by Crippen LogP contribution is -2.16. The molecule has 100 valence electrons. The largest absolute Gasteiger partial charge is 0.423 e. The van der Waals surface area contributed by atoms with Crippen molar-refractivity contribution in [1.82, 2.24) is 0 Å². The van der Waals surface area contributed by atoms with E-state index in [0.29, 0.717) is 10.8 Å². The van der Waals surface area contributed by atoms with Gasteiger partial charge in [-0.15, -0.1) is 0 Å². The number of rotatable bonds is 4. The maximum atomic E-state index is 12.3. The summed E-state index contributed by atoms with van der Waals surface area (Å²) in [5.74, 6) is 0.417. The van der Waals surface area contributed by atoms with E-state index in [1.54, 1.807) is 24.3 Å². The van der Waals surface area contributed by atoms with E-state index >= 15 is 0 Å². The van der Waals surface area contributed by atoms with Crippen LogP contribution in [-0.2, 0) is 9.09 Å². The molecular formula is C13H18ClO3P. The normalized spacial score (nSPS) is 20.3. The Balaban J connectivity index is 1.98. The lowest BCUT2D eigenvalue weighted by Gasteiger charge is -2.25. The van der Waals surface area contributed by atoms with Crippen LogP contribution in [0.5, 0.6) is 5.75 Å². The standard InChI is InChI=1S/C13H18ClO3P/c1-18(15,16-11-7-3-2-4-8-11)17-13-10-6-5-9-12(13)14/h5-6,9-11H,2-4,7-8H2,1H3. The van der Waals surface area contributed by atoms with Crippen molar-refractivity contribution in [3.8, 4) is 5.75 Å². The molecule has 1 unspecified atom stereocenters. The number of hydrogen-bond donors (Lipinski definition) is 0. The number of halogens is 1. The van der Waals surface area contributed by atoms with E-state index in [1.807, 2.05) is 0 Å². The summed E-state index contributed by atoms with van der Waals surface area (Å²) in [7, 11) is -3.09. The Hall–Kier alpha value is -0.500. The first-order valence-electron chi connectivity index (χ1n) is 6.27. The topological polar surface area (TPSA) is 35.5 Å². The Labute approximate surface area is 113 Å². The van der Waals surface area contributed by atoms with Gasteiger partial charge in [-0.2, -0.15) is 0 Å². The highest BCUT2D eigenvalue weighted by Crippen LogP contribution is 2.48. The SMILES string of the molecule is CP(=O)(Oc1ccccc1Cl)OC1CCCCC1. The fraction of sp³-hybridized carbons (Fsp3) is 0.538. The first kappa shape index (κ1) is 13.9. The zero-order valence-corrected chi connectivity index (χ0v) is 12.1. The van der Waals surface area contributed by atoms with Gasteiger partial charge in [-0.3, -0.25) is 4.52 Å². The molecule has 1 aromatic rings. The summed E-state index contributed by atoms with van der Waals surface area (Å²) < 4.78 is 23.3. The Bertz CT molecular complexity index is 444. The first-order chi connectivity index (χ1) is 8.57. The van der Waals surface area contributed by atoms with Crippen LogP contribution >= 0.6 is 19.2 Å². The van der Waals surface area contributed by atoms with Crippen molar-refractivity contribution >= 4 is 19.2 Å². The monoisotopic (exact) mass is 288 g/mol. The van der Waals surface area contributed by atoms with Gasteiger partial charge < -0.3 is 4.52 Å². The summed E-state index contributed by atoms with van der Waals surface area (Å²) in [5, 5.41) is 0.451. The molecule has 5 heteroatoms.